The standard InChI is InChI=1S/C10H22N2O2/c13-9-7-12(8-10-14)6-5-11-3-1-2-4-11/h13-14H,1-10H2. The second kappa shape index (κ2) is 7.17. The molecule has 0 bridgehead atoms. The predicted octanol–water partition coefficient (Wildman–Crippen LogP) is -0.631. The van der Waals surface area contributed by atoms with E-state index in [1.54, 1.807) is 0 Å². The van der Waals surface area contributed by atoms with Gasteiger partial charge in [-0.15, -0.1) is 0 Å². The van der Waals surface area contributed by atoms with E-state index in [-0.39, 0.29) is 13.2 Å². The minimum Gasteiger partial charge on any atom is -0.395 e. The molecule has 1 rings (SSSR count). The molecule has 4 nitrogen and oxygen atoms in total. The van der Waals surface area contributed by atoms with E-state index in [0.717, 1.165) is 13.1 Å². The molecule has 1 saturated heterocycles. The number of hydrogen-bond donors (Lipinski definition) is 2. The van der Waals surface area contributed by atoms with Crippen molar-refractivity contribution in [2.24, 2.45) is 0 Å². The van der Waals surface area contributed by atoms with E-state index in [0.29, 0.717) is 13.1 Å². The zero-order chi connectivity index (χ0) is 10.2. The lowest BCUT2D eigenvalue weighted by Gasteiger charge is -2.23. The van der Waals surface area contributed by atoms with Crippen molar-refractivity contribution in [2.45, 2.75) is 12.8 Å². The quantitative estimate of drug-likeness (QED) is 0.577. The number of likely N-dealkylation sites (tertiary alicyclic amines) is 1. The molecule has 14 heavy (non-hydrogen) atoms. The Hall–Kier alpha value is -0.160. The topological polar surface area (TPSA) is 46.9 Å². The van der Waals surface area contributed by atoms with E-state index >= 15 is 0 Å². The lowest BCUT2D eigenvalue weighted by molar-refractivity contribution is 0.148. The van der Waals surface area contributed by atoms with Crippen LogP contribution >= 0.6 is 0 Å². The second-order valence-electron chi connectivity index (χ2n) is 3.84. The van der Waals surface area contributed by atoms with Crippen LogP contribution in [0.3, 0.4) is 0 Å². The largest absolute Gasteiger partial charge is 0.395 e. The minimum atomic E-state index is 0.181. The number of aliphatic hydroxyl groups excluding tert-OH is 2. The summed E-state index contributed by atoms with van der Waals surface area (Å²) in [6.07, 6.45) is 2.64. The summed E-state index contributed by atoms with van der Waals surface area (Å²) in [5.74, 6) is 0. The van der Waals surface area contributed by atoms with Crippen molar-refractivity contribution in [2.75, 3.05) is 52.5 Å². The van der Waals surface area contributed by atoms with Gasteiger partial charge in [-0.3, -0.25) is 4.90 Å². The van der Waals surface area contributed by atoms with Gasteiger partial charge in [-0.25, -0.2) is 0 Å². The summed E-state index contributed by atoms with van der Waals surface area (Å²) in [5.41, 5.74) is 0. The Bertz CT molecular complexity index is 132. The SMILES string of the molecule is OCCN(CCO)CCN1CCCC1. The van der Waals surface area contributed by atoms with E-state index in [1.807, 2.05) is 0 Å². The van der Waals surface area contributed by atoms with Gasteiger partial charge in [0.2, 0.25) is 0 Å². The van der Waals surface area contributed by atoms with Crippen LogP contribution in [0.1, 0.15) is 12.8 Å². The van der Waals surface area contributed by atoms with Crippen LogP contribution in [0.15, 0.2) is 0 Å². The summed E-state index contributed by atoms with van der Waals surface area (Å²) in [5, 5.41) is 17.6. The molecule has 1 heterocycles. The second-order valence-corrected chi connectivity index (χ2v) is 3.84. The fraction of sp³-hybridized carbons (Fsp3) is 1.00. The van der Waals surface area contributed by atoms with Crippen molar-refractivity contribution in [1.82, 2.24) is 9.80 Å². The van der Waals surface area contributed by atoms with Crippen LogP contribution in [0.2, 0.25) is 0 Å². The van der Waals surface area contributed by atoms with Gasteiger partial charge in [0.25, 0.3) is 0 Å². The molecule has 0 aromatic carbocycles. The molecule has 1 aliphatic rings. The van der Waals surface area contributed by atoms with Crippen LogP contribution < -0.4 is 0 Å². The molecule has 0 aromatic rings. The van der Waals surface area contributed by atoms with Gasteiger partial charge in [0.05, 0.1) is 13.2 Å². The fourth-order valence-electron chi connectivity index (χ4n) is 1.91. The summed E-state index contributed by atoms with van der Waals surface area (Å²) in [6.45, 7) is 6.17. The lowest BCUT2D eigenvalue weighted by Crippen LogP contribution is -2.37. The van der Waals surface area contributed by atoms with Crippen LogP contribution in [-0.4, -0.2) is 72.5 Å². The third kappa shape index (κ3) is 4.37. The first kappa shape index (κ1) is 11.9. The molecular formula is C10H22N2O2. The summed E-state index contributed by atoms with van der Waals surface area (Å²) < 4.78 is 0. The van der Waals surface area contributed by atoms with Gasteiger partial charge in [0, 0.05) is 26.2 Å². The van der Waals surface area contributed by atoms with Gasteiger partial charge in [-0.05, 0) is 25.9 Å². The molecule has 2 N–H and O–H groups in total. The zero-order valence-corrected chi connectivity index (χ0v) is 8.86. The number of hydrogen-bond acceptors (Lipinski definition) is 4. The Morgan fingerprint density at radius 1 is 0.929 bits per heavy atom. The van der Waals surface area contributed by atoms with Gasteiger partial charge in [-0.2, -0.15) is 0 Å². The van der Waals surface area contributed by atoms with Crippen LogP contribution in [0.4, 0.5) is 0 Å². The van der Waals surface area contributed by atoms with Gasteiger partial charge in [0.1, 0.15) is 0 Å². The van der Waals surface area contributed by atoms with E-state index < -0.39 is 0 Å². The highest BCUT2D eigenvalue weighted by molar-refractivity contribution is 4.68. The minimum absolute atomic E-state index is 0.181. The molecule has 0 aliphatic carbocycles. The number of nitrogens with zero attached hydrogens (tertiary/aromatic N) is 2. The van der Waals surface area contributed by atoms with Crippen LogP contribution in [0.5, 0.6) is 0 Å². The van der Waals surface area contributed by atoms with Gasteiger partial charge in [-0.1, -0.05) is 0 Å². The highest BCUT2D eigenvalue weighted by atomic mass is 16.3. The van der Waals surface area contributed by atoms with E-state index in [9.17, 15) is 0 Å². The molecule has 0 spiro atoms. The monoisotopic (exact) mass is 202 g/mol. The Morgan fingerprint density at radius 3 is 2.00 bits per heavy atom. The Balaban J connectivity index is 2.10. The lowest BCUT2D eigenvalue weighted by atomic mass is 10.4. The van der Waals surface area contributed by atoms with Crippen LogP contribution in [-0.2, 0) is 0 Å². The smallest absolute Gasteiger partial charge is 0.0558 e. The third-order valence-corrected chi connectivity index (χ3v) is 2.76. The molecule has 0 unspecified atom stereocenters. The Kier molecular flexibility index (Phi) is 6.10. The maximum Gasteiger partial charge on any atom is 0.0558 e. The highest BCUT2D eigenvalue weighted by Crippen LogP contribution is 2.06. The zero-order valence-electron chi connectivity index (χ0n) is 8.86. The maximum absolute atomic E-state index is 8.82. The molecule has 1 aliphatic heterocycles. The molecule has 0 atom stereocenters. The van der Waals surface area contributed by atoms with E-state index in [1.165, 1.54) is 25.9 Å². The first-order valence-corrected chi connectivity index (χ1v) is 5.53. The molecule has 1 fully saturated rings. The molecule has 0 saturated carbocycles. The first-order valence-electron chi connectivity index (χ1n) is 5.53. The Labute approximate surface area is 86.1 Å². The summed E-state index contributed by atoms with van der Waals surface area (Å²) in [6, 6.07) is 0. The number of rotatable bonds is 7. The van der Waals surface area contributed by atoms with Crippen molar-refractivity contribution >= 4 is 0 Å². The van der Waals surface area contributed by atoms with Crippen molar-refractivity contribution < 1.29 is 10.2 Å². The molecule has 0 radical (unpaired) electrons. The van der Waals surface area contributed by atoms with Gasteiger partial charge < -0.3 is 15.1 Å². The summed E-state index contributed by atoms with van der Waals surface area (Å²) in [7, 11) is 0. The van der Waals surface area contributed by atoms with Crippen molar-refractivity contribution in [3.8, 4) is 0 Å². The van der Waals surface area contributed by atoms with Crippen molar-refractivity contribution in [3.05, 3.63) is 0 Å². The average molecular weight is 202 g/mol. The molecule has 0 aromatic heterocycles. The molecule has 84 valence electrons. The summed E-state index contributed by atoms with van der Waals surface area (Å²) in [4.78, 5) is 4.56. The van der Waals surface area contributed by atoms with E-state index in [4.69, 9.17) is 10.2 Å². The van der Waals surface area contributed by atoms with E-state index in [2.05, 4.69) is 9.80 Å². The first-order chi connectivity index (χ1) is 6.86. The van der Waals surface area contributed by atoms with Crippen molar-refractivity contribution in [3.63, 3.8) is 0 Å². The van der Waals surface area contributed by atoms with Crippen molar-refractivity contribution in [1.29, 1.82) is 0 Å². The maximum atomic E-state index is 8.82. The van der Waals surface area contributed by atoms with Crippen LogP contribution in [0.25, 0.3) is 0 Å². The average Bonchev–Trinajstić information content (AvgIpc) is 2.67. The fourth-order valence-corrected chi connectivity index (χ4v) is 1.91. The molecule has 0 amide bonds. The van der Waals surface area contributed by atoms with Crippen LogP contribution in [0, 0.1) is 0 Å². The number of aliphatic hydroxyl groups is 2. The van der Waals surface area contributed by atoms with Gasteiger partial charge >= 0.3 is 0 Å². The summed E-state index contributed by atoms with van der Waals surface area (Å²) >= 11 is 0. The van der Waals surface area contributed by atoms with Gasteiger partial charge in [0.15, 0.2) is 0 Å². The third-order valence-electron chi connectivity index (χ3n) is 2.76. The molecular weight excluding hydrogens is 180 g/mol. The Morgan fingerprint density at radius 2 is 1.50 bits per heavy atom. The predicted molar refractivity (Wildman–Crippen MR) is 56.3 cm³/mol. The highest BCUT2D eigenvalue weighted by Gasteiger charge is 2.12. The normalized spacial score (nSPS) is 18.2. The molecule has 4 heteroatoms.